The lowest BCUT2D eigenvalue weighted by atomic mass is 10.2. The molecule has 0 radical (unpaired) electrons. The summed E-state index contributed by atoms with van der Waals surface area (Å²) >= 11 is 0. The van der Waals surface area contributed by atoms with Crippen molar-refractivity contribution in [2.24, 2.45) is 10.7 Å². The van der Waals surface area contributed by atoms with Crippen LogP contribution in [0.25, 0.3) is 0 Å². The van der Waals surface area contributed by atoms with Crippen LogP contribution in [0.2, 0.25) is 0 Å². The summed E-state index contributed by atoms with van der Waals surface area (Å²) in [6.07, 6.45) is 1.67. The van der Waals surface area contributed by atoms with Crippen molar-refractivity contribution < 1.29 is 4.79 Å². The molecule has 2 rings (SSSR count). The molecule has 74 valence electrons. The Balaban J connectivity index is 0.000000980. The fraction of sp³-hybridized carbons (Fsp3) is 0.111. The maximum atomic E-state index is 11.0. The minimum Gasteiger partial charge on any atom is -0.351 e. The van der Waals surface area contributed by atoms with Gasteiger partial charge in [0.05, 0.1) is 17.9 Å². The van der Waals surface area contributed by atoms with Gasteiger partial charge in [0.1, 0.15) is 0 Å². The number of para-hydroxylation sites is 2. The van der Waals surface area contributed by atoms with Gasteiger partial charge in [-0.3, -0.25) is 9.89 Å². The third kappa shape index (κ3) is 1.70. The first-order chi connectivity index (χ1) is 6.29. The van der Waals surface area contributed by atoms with Crippen molar-refractivity contribution >= 4 is 36.0 Å². The average Bonchev–Trinajstić information content (AvgIpc) is 2.17. The summed E-state index contributed by atoms with van der Waals surface area (Å²) < 4.78 is 0. The molecule has 4 nitrogen and oxygen atoms in total. The molecule has 0 bridgehead atoms. The number of primary amides is 1. The van der Waals surface area contributed by atoms with E-state index in [1.54, 1.807) is 6.21 Å². The van der Waals surface area contributed by atoms with E-state index in [0.717, 1.165) is 11.4 Å². The maximum Gasteiger partial charge on any atom is 0.319 e. The van der Waals surface area contributed by atoms with Gasteiger partial charge in [-0.1, -0.05) is 12.1 Å². The van der Waals surface area contributed by atoms with Crippen LogP contribution in [0.5, 0.6) is 0 Å². The summed E-state index contributed by atoms with van der Waals surface area (Å²) in [6, 6.07) is 6.96. The molecule has 0 saturated heterocycles. The zero-order chi connectivity index (χ0) is 9.26. The number of halogens is 1. The minimum absolute atomic E-state index is 0. The number of benzene rings is 1. The van der Waals surface area contributed by atoms with E-state index in [-0.39, 0.29) is 12.4 Å². The molecule has 0 unspecified atom stereocenters. The molecule has 2 N–H and O–H groups in total. The molecule has 14 heavy (non-hydrogen) atoms. The molecule has 1 aliphatic rings. The van der Waals surface area contributed by atoms with Gasteiger partial charge in [0.25, 0.3) is 0 Å². The smallest absolute Gasteiger partial charge is 0.319 e. The van der Waals surface area contributed by atoms with Gasteiger partial charge in [-0.15, -0.1) is 12.4 Å². The van der Waals surface area contributed by atoms with E-state index < -0.39 is 6.03 Å². The first kappa shape index (κ1) is 10.5. The van der Waals surface area contributed by atoms with Crippen molar-refractivity contribution in [3.8, 4) is 0 Å². The van der Waals surface area contributed by atoms with Gasteiger partial charge in [-0.05, 0) is 12.1 Å². The van der Waals surface area contributed by atoms with Gasteiger partial charge in [0.2, 0.25) is 0 Å². The Morgan fingerprint density at radius 3 is 2.86 bits per heavy atom. The van der Waals surface area contributed by atoms with Crippen LogP contribution in [0.1, 0.15) is 0 Å². The zero-order valence-corrected chi connectivity index (χ0v) is 8.20. The highest BCUT2D eigenvalue weighted by Crippen LogP contribution is 2.29. The highest BCUT2D eigenvalue weighted by atomic mass is 35.5. The molecule has 1 aromatic rings. The van der Waals surface area contributed by atoms with E-state index >= 15 is 0 Å². The van der Waals surface area contributed by atoms with Crippen LogP contribution in [-0.2, 0) is 0 Å². The monoisotopic (exact) mass is 211 g/mol. The Bertz CT molecular complexity index is 378. The molecule has 0 aliphatic carbocycles. The summed E-state index contributed by atoms with van der Waals surface area (Å²) in [6.45, 7) is 0.451. The van der Waals surface area contributed by atoms with E-state index in [1.165, 1.54) is 4.90 Å². The number of hydrogen-bond donors (Lipinski definition) is 1. The zero-order valence-electron chi connectivity index (χ0n) is 7.38. The number of aliphatic imine (C=N–C) groups is 1. The predicted octanol–water partition coefficient (Wildman–Crippen LogP) is 1.71. The summed E-state index contributed by atoms with van der Waals surface area (Å²) in [4.78, 5) is 16.6. The molecule has 5 heteroatoms. The first-order valence-corrected chi connectivity index (χ1v) is 3.97. The highest BCUT2D eigenvalue weighted by molar-refractivity contribution is 5.99. The molecular formula is C9H10ClN3O. The molecule has 1 aliphatic heterocycles. The van der Waals surface area contributed by atoms with Crippen LogP contribution >= 0.6 is 12.4 Å². The van der Waals surface area contributed by atoms with Crippen molar-refractivity contribution in [3.63, 3.8) is 0 Å². The minimum atomic E-state index is -0.446. The number of anilines is 1. The van der Waals surface area contributed by atoms with E-state index in [4.69, 9.17) is 5.73 Å². The van der Waals surface area contributed by atoms with Crippen molar-refractivity contribution in [3.05, 3.63) is 24.3 Å². The number of hydrogen-bond acceptors (Lipinski definition) is 2. The molecule has 2 amide bonds. The van der Waals surface area contributed by atoms with Crippen LogP contribution in [0.15, 0.2) is 29.3 Å². The lowest BCUT2D eigenvalue weighted by Gasteiger charge is -2.22. The third-order valence-electron chi connectivity index (χ3n) is 1.93. The van der Waals surface area contributed by atoms with Crippen molar-refractivity contribution in [2.45, 2.75) is 0 Å². The van der Waals surface area contributed by atoms with Crippen LogP contribution in [0.4, 0.5) is 16.2 Å². The topological polar surface area (TPSA) is 58.7 Å². The Morgan fingerprint density at radius 1 is 1.43 bits per heavy atom. The maximum absolute atomic E-state index is 11.0. The quantitative estimate of drug-likeness (QED) is 0.698. The molecular weight excluding hydrogens is 202 g/mol. The number of fused-ring (bicyclic) bond motifs is 1. The van der Waals surface area contributed by atoms with Gasteiger partial charge in [-0.2, -0.15) is 0 Å². The van der Waals surface area contributed by atoms with Crippen LogP contribution in [0.3, 0.4) is 0 Å². The second-order valence-electron chi connectivity index (χ2n) is 2.75. The van der Waals surface area contributed by atoms with E-state index in [0.29, 0.717) is 6.54 Å². The summed E-state index contributed by atoms with van der Waals surface area (Å²) in [7, 11) is 0. The Kier molecular flexibility index (Phi) is 3.09. The number of nitrogens with two attached hydrogens (primary N) is 1. The van der Waals surface area contributed by atoms with Crippen molar-refractivity contribution in [2.75, 3.05) is 11.4 Å². The number of carbonyl (C=O) groups excluding carboxylic acids is 1. The largest absolute Gasteiger partial charge is 0.351 e. The summed E-state index contributed by atoms with van der Waals surface area (Å²) in [5.74, 6) is 0. The van der Waals surface area contributed by atoms with Gasteiger partial charge < -0.3 is 5.73 Å². The Morgan fingerprint density at radius 2 is 2.14 bits per heavy atom. The summed E-state index contributed by atoms with van der Waals surface area (Å²) in [5, 5.41) is 0. The molecule has 0 fully saturated rings. The van der Waals surface area contributed by atoms with Crippen molar-refractivity contribution in [1.29, 1.82) is 0 Å². The normalized spacial score (nSPS) is 13.0. The lowest BCUT2D eigenvalue weighted by Crippen LogP contribution is -2.38. The molecule has 0 aromatic heterocycles. The number of rotatable bonds is 0. The second-order valence-corrected chi connectivity index (χ2v) is 2.75. The highest BCUT2D eigenvalue weighted by Gasteiger charge is 2.16. The Hall–Kier alpha value is -1.55. The number of amides is 2. The standard InChI is InChI=1S/C9H9N3O.ClH/c10-9(13)12-6-5-11-7-3-1-2-4-8(7)12;/h1-5H,6H2,(H2,10,13);1H. The third-order valence-corrected chi connectivity index (χ3v) is 1.93. The molecule has 1 aromatic carbocycles. The van der Waals surface area contributed by atoms with Gasteiger partial charge in [0, 0.05) is 6.21 Å². The van der Waals surface area contributed by atoms with E-state index in [1.807, 2.05) is 24.3 Å². The SMILES string of the molecule is Cl.NC(=O)N1CC=Nc2ccccc21. The predicted molar refractivity (Wildman–Crippen MR) is 58.8 cm³/mol. The van der Waals surface area contributed by atoms with E-state index in [2.05, 4.69) is 4.99 Å². The number of carbonyl (C=O) groups is 1. The molecule has 0 saturated carbocycles. The lowest BCUT2D eigenvalue weighted by molar-refractivity contribution is 0.254. The average molecular weight is 212 g/mol. The number of nitrogens with zero attached hydrogens (tertiary/aromatic N) is 2. The van der Waals surface area contributed by atoms with Gasteiger partial charge >= 0.3 is 6.03 Å². The van der Waals surface area contributed by atoms with Crippen LogP contribution < -0.4 is 10.6 Å². The number of urea groups is 1. The summed E-state index contributed by atoms with van der Waals surface area (Å²) in [5.41, 5.74) is 6.77. The van der Waals surface area contributed by atoms with Gasteiger partial charge in [0.15, 0.2) is 0 Å². The van der Waals surface area contributed by atoms with Gasteiger partial charge in [-0.25, -0.2) is 4.79 Å². The fourth-order valence-electron chi connectivity index (χ4n) is 1.33. The van der Waals surface area contributed by atoms with E-state index in [9.17, 15) is 4.79 Å². The fourth-order valence-corrected chi connectivity index (χ4v) is 1.33. The molecule has 0 atom stereocenters. The van der Waals surface area contributed by atoms with Crippen LogP contribution in [0, 0.1) is 0 Å². The van der Waals surface area contributed by atoms with Crippen molar-refractivity contribution in [1.82, 2.24) is 0 Å². The van der Waals surface area contributed by atoms with Crippen LogP contribution in [-0.4, -0.2) is 18.8 Å². The molecule has 1 heterocycles. The Labute approximate surface area is 87.8 Å². The second kappa shape index (κ2) is 4.11. The molecule has 0 spiro atoms. The first-order valence-electron chi connectivity index (χ1n) is 3.97.